The smallest absolute Gasteiger partial charge is 0.196 e. The van der Waals surface area contributed by atoms with Crippen molar-refractivity contribution in [1.29, 1.82) is 0 Å². The zero-order valence-corrected chi connectivity index (χ0v) is 30.8. The second kappa shape index (κ2) is 14.4. The van der Waals surface area contributed by atoms with E-state index in [1.807, 2.05) is 121 Å². The number of hydrogen-bond acceptors (Lipinski definition) is 6. The fraction of sp³-hybridized carbons (Fsp3) is 0. The van der Waals surface area contributed by atoms with Gasteiger partial charge in [0.25, 0.3) is 0 Å². The summed E-state index contributed by atoms with van der Waals surface area (Å²) in [4.78, 5) is 36.9. The zero-order valence-electron chi connectivity index (χ0n) is 26.1. The minimum atomic E-state index is -0.311. The summed E-state index contributed by atoms with van der Waals surface area (Å²) in [6, 6.07) is 47.9. The molecule has 0 fully saturated rings. The van der Waals surface area contributed by atoms with Gasteiger partial charge in [-0.3, -0.25) is 9.59 Å². The van der Waals surface area contributed by atoms with E-state index in [9.17, 15) is 9.59 Å². The molecule has 0 aliphatic heterocycles. The molecule has 8 heteroatoms. The number of halogens is 2. The molecular formula is C42H24Cl2O2S4. The van der Waals surface area contributed by atoms with Gasteiger partial charge in [-0.1, -0.05) is 143 Å². The molecule has 8 rings (SSSR count). The first-order valence-corrected chi connectivity index (χ1v) is 19.6. The summed E-state index contributed by atoms with van der Waals surface area (Å²) >= 11 is 20.7. The molecule has 2 nitrogen and oxygen atoms in total. The Labute approximate surface area is 317 Å². The van der Waals surface area contributed by atoms with Crippen LogP contribution in [0.5, 0.6) is 0 Å². The monoisotopic (exact) mass is 758 g/mol. The highest BCUT2D eigenvalue weighted by atomic mass is 35.5. The third kappa shape index (κ3) is 6.53. The third-order valence-electron chi connectivity index (χ3n) is 8.16. The molecule has 0 amide bonds. The van der Waals surface area contributed by atoms with E-state index in [0.717, 1.165) is 39.2 Å². The van der Waals surface area contributed by atoms with Gasteiger partial charge in [0, 0.05) is 61.1 Å². The van der Waals surface area contributed by atoms with Crippen LogP contribution in [0.2, 0.25) is 10.0 Å². The Kier molecular flexibility index (Phi) is 9.58. The van der Waals surface area contributed by atoms with Crippen LogP contribution < -0.4 is 0 Å². The van der Waals surface area contributed by atoms with Gasteiger partial charge in [0.15, 0.2) is 11.6 Å². The van der Waals surface area contributed by atoms with Gasteiger partial charge in [-0.15, -0.1) is 0 Å². The average Bonchev–Trinajstić information content (AvgIpc) is 3.14. The fourth-order valence-corrected chi connectivity index (χ4v) is 10.5. The quantitative estimate of drug-likeness (QED) is 0.153. The summed E-state index contributed by atoms with van der Waals surface area (Å²) in [6.45, 7) is 0. The first kappa shape index (κ1) is 33.3. The first-order chi connectivity index (χ1) is 24.4. The Hall–Kier alpha value is -3.88. The number of benzene rings is 7. The molecule has 0 bridgehead atoms. The first-order valence-electron chi connectivity index (χ1n) is 15.6. The molecule has 0 radical (unpaired) electrons. The van der Waals surface area contributed by atoms with Gasteiger partial charge in [-0.2, -0.15) is 0 Å². The molecule has 0 heterocycles. The molecule has 0 N–H and O–H groups in total. The summed E-state index contributed by atoms with van der Waals surface area (Å²) in [5.74, 6) is -0.621. The fourth-order valence-electron chi connectivity index (χ4n) is 5.82. The number of ketones is 2. The van der Waals surface area contributed by atoms with Gasteiger partial charge >= 0.3 is 0 Å². The molecular weight excluding hydrogens is 736 g/mol. The lowest BCUT2D eigenvalue weighted by Gasteiger charge is -2.24. The van der Waals surface area contributed by atoms with Gasteiger partial charge in [-0.05, 0) is 72.8 Å². The van der Waals surface area contributed by atoms with E-state index < -0.39 is 0 Å². The summed E-state index contributed by atoms with van der Waals surface area (Å²) in [5, 5.41) is 1.72. The van der Waals surface area contributed by atoms with E-state index >= 15 is 0 Å². The highest BCUT2D eigenvalue weighted by molar-refractivity contribution is 8.02. The van der Waals surface area contributed by atoms with Crippen molar-refractivity contribution in [3.63, 3.8) is 0 Å². The van der Waals surface area contributed by atoms with Gasteiger partial charge in [0.2, 0.25) is 0 Å². The van der Waals surface area contributed by atoms with Gasteiger partial charge in [0.1, 0.15) is 0 Å². The maximum Gasteiger partial charge on any atom is 0.196 e. The summed E-state index contributed by atoms with van der Waals surface area (Å²) < 4.78 is 0. The van der Waals surface area contributed by atoms with Gasteiger partial charge in [0.05, 0.1) is 21.2 Å². The molecule has 1 aliphatic rings. The van der Waals surface area contributed by atoms with E-state index in [2.05, 4.69) is 24.3 Å². The summed E-state index contributed by atoms with van der Waals surface area (Å²) in [6.07, 6.45) is 0. The van der Waals surface area contributed by atoms with Crippen LogP contribution in [0.25, 0.3) is 10.8 Å². The lowest BCUT2D eigenvalue weighted by Crippen LogP contribution is -2.22. The topological polar surface area (TPSA) is 34.1 Å². The van der Waals surface area contributed by atoms with E-state index in [1.54, 1.807) is 47.0 Å². The zero-order chi connectivity index (χ0) is 34.2. The standard InChI is InChI=1S/C42H24Cl2O2S4/c43-39-29-21-33(47-25-13-5-1-6-14-25)34(48-26-15-7-2-8-16-26)22-30(29)40(44)38-37(39)41(45)31-23-35(49-27-17-9-3-10-18-27)36(24-32(31)42(38)46)50-28-19-11-4-12-20-28/h1-24H. The minimum absolute atomic E-state index is 0.153. The molecule has 50 heavy (non-hydrogen) atoms. The van der Waals surface area contributed by atoms with Gasteiger partial charge < -0.3 is 0 Å². The highest BCUT2D eigenvalue weighted by Crippen LogP contribution is 2.49. The van der Waals surface area contributed by atoms with Crippen molar-refractivity contribution >= 4 is 92.6 Å². The molecule has 0 saturated heterocycles. The van der Waals surface area contributed by atoms with Crippen molar-refractivity contribution in [3.8, 4) is 0 Å². The maximum absolute atomic E-state index is 14.5. The van der Waals surface area contributed by atoms with E-state index in [1.165, 1.54) is 0 Å². The predicted molar refractivity (Wildman–Crippen MR) is 210 cm³/mol. The van der Waals surface area contributed by atoms with Gasteiger partial charge in [-0.25, -0.2) is 0 Å². The number of fused-ring (bicyclic) bond motifs is 3. The second-order valence-corrected chi connectivity index (χ2v) is 16.6. The summed E-state index contributed by atoms with van der Waals surface area (Å²) in [5.41, 5.74) is 0.955. The Morgan fingerprint density at radius 3 is 0.900 bits per heavy atom. The van der Waals surface area contributed by atoms with E-state index in [4.69, 9.17) is 23.2 Å². The minimum Gasteiger partial charge on any atom is -0.289 e. The van der Waals surface area contributed by atoms with Crippen molar-refractivity contribution in [3.05, 3.63) is 178 Å². The third-order valence-corrected chi connectivity index (χ3v) is 13.5. The van der Waals surface area contributed by atoms with Crippen molar-refractivity contribution in [1.82, 2.24) is 0 Å². The lowest BCUT2D eigenvalue weighted by atomic mass is 9.82. The predicted octanol–water partition coefficient (Wildman–Crippen LogP) is 13.5. The largest absolute Gasteiger partial charge is 0.289 e. The molecule has 7 aromatic carbocycles. The molecule has 1 aliphatic carbocycles. The maximum atomic E-state index is 14.5. The Bertz CT molecular complexity index is 2250. The Morgan fingerprint density at radius 2 is 0.620 bits per heavy atom. The van der Waals surface area contributed by atoms with Crippen LogP contribution in [-0.4, -0.2) is 11.6 Å². The van der Waals surface area contributed by atoms with E-state index in [0.29, 0.717) is 21.9 Å². The van der Waals surface area contributed by atoms with Crippen LogP contribution in [0.4, 0.5) is 0 Å². The molecule has 0 spiro atoms. The SMILES string of the molecule is O=C1c2cc(Sc3ccccc3)c(Sc3ccccc3)cc2C(=O)c2c1c(Cl)c1cc(Sc3ccccc3)c(Sc3ccccc3)cc1c2Cl. The van der Waals surface area contributed by atoms with Crippen LogP contribution in [0, 0.1) is 0 Å². The van der Waals surface area contributed by atoms with Crippen LogP contribution in [0.3, 0.4) is 0 Å². The second-order valence-electron chi connectivity index (χ2n) is 11.4. The Morgan fingerprint density at radius 1 is 0.360 bits per heavy atom. The lowest BCUT2D eigenvalue weighted by molar-refractivity contribution is 0.0979. The van der Waals surface area contributed by atoms with Crippen LogP contribution in [0.1, 0.15) is 31.8 Å². The number of carbonyl (C=O) groups is 2. The highest BCUT2D eigenvalue weighted by Gasteiger charge is 2.36. The van der Waals surface area contributed by atoms with Crippen molar-refractivity contribution in [2.75, 3.05) is 0 Å². The Balaban J connectivity index is 1.29. The van der Waals surface area contributed by atoms with Crippen molar-refractivity contribution in [2.24, 2.45) is 0 Å². The number of hydrogen-bond donors (Lipinski definition) is 0. The molecule has 242 valence electrons. The molecule has 0 saturated carbocycles. The van der Waals surface area contributed by atoms with Crippen LogP contribution in [-0.2, 0) is 0 Å². The summed E-state index contributed by atoms with van der Waals surface area (Å²) in [7, 11) is 0. The normalized spacial score (nSPS) is 12.2. The van der Waals surface area contributed by atoms with Crippen molar-refractivity contribution < 1.29 is 9.59 Å². The van der Waals surface area contributed by atoms with E-state index in [-0.39, 0.29) is 32.7 Å². The molecule has 0 aromatic heterocycles. The molecule has 0 atom stereocenters. The molecule has 7 aromatic rings. The average molecular weight is 760 g/mol. The number of rotatable bonds is 8. The van der Waals surface area contributed by atoms with Crippen LogP contribution >= 0.6 is 70.2 Å². The number of carbonyl (C=O) groups excluding carboxylic acids is 2. The van der Waals surface area contributed by atoms with Crippen LogP contribution in [0.15, 0.2) is 185 Å². The molecule has 0 unspecified atom stereocenters. The van der Waals surface area contributed by atoms with Crippen molar-refractivity contribution in [2.45, 2.75) is 39.2 Å².